The van der Waals surface area contributed by atoms with E-state index in [9.17, 15) is 9.90 Å². The Bertz CT molecular complexity index is 493. The number of phenols is 1. The van der Waals surface area contributed by atoms with Crippen LogP contribution in [-0.4, -0.2) is 31.8 Å². The standard InChI is InChI=1S/C7H5N3O4/c11-3-1-2-4(14-7(12)13)6-5(3)8-10-9-6/h1-2,11H,(H,12,13)(H,8,9,10). The van der Waals surface area contributed by atoms with Gasteiger partial charge in [0.15, 0.2) is 11.3 Å². The molecule has 0 atom stereocenters. The molecule has 0 aliphatic rings. The number of hydrogen-bond donors (Lipinski definition) is 3. The molecule has 0 saturated heterocycles. The van der Waals surface area contributed by atoms with Gasteiger partial charge >= 0.3 is 6.16 Å². The quantitative estimate of drug-likeness (QED) is 0.457. The molecule has 3 N–H and O–H groups in total. The normalized spacial score (nSPS) is 10.3. The number of nitrogens with zero attached hydrogens (tertiary/aromatic N) is 2. The minimum Gasteiger partial charge on any atom is -0.506 e. The zero-order chi connectivity index (χ0) is 10.1. The molecular weight excluding hydrogens is 190 g/mol. The van der Waals surface area contributed by atoms with Gasteiger partial charge in [0.05, 0.1) is 0 Å². The summed E-state index contributed by atoms with van der Waals surface area (Å²) in [5, 5.41) is 27.1. The number of nitrogens with one attached hydrogen (secondary N) is 1. The van der Waals surface area contributed by atoms with Crippen LogP contribution in [0.2, 0.25) is 0 Å². The van der Waals surface area contributed by atoms with Crippen LogP contribution >= 0.6 is 0 Å². The Morgan fingerprint density at radius 3 is 3.00 bits per heavy atom. The number of ether oxygens (including phenoxy) is 1. The molecule has 0 aliphatic carbocycles. The number of hydrogen-bond acceptors (Lipinski definition) is 5. The number of aromatic nitrogens is 3. The smallest absolute Gasteiger partial charge is 0.506 e. The Balaban J connectivity index is 2.60. The summed E-state index contributed by atoms with van der Waals surface area (Å²) < 4.78 is 4.44. The first-order valence-corrected chi connectivity index (χ1v) is 3.62. The molecule has 0 radical (unpaired) electrons. The minimum atomic E-state index is -1.44. The van der Waals surface area contributed by atoms with E-state index in [1.165, 1.54) is 12.1 Å². The number of carbonyl (C=O) groups is 1. The van der Waals surface area contributed by atoms with E-state index in [2.05, 4.69) is 20.1 Å². The third-order valence-corrected chi connectivity index (χ3v) is 1.63. The van der Waals surface area contributed by atoms with Gasteiger partial charge in [0.2, 0.25) is 0 Å². The van der Waals surface area contributed by atoms with Crippen molar-refractivity contribution in [3.8, 4) is 11.5 Å². The Labute approximate surface area is 76.9 Å². The molecule has 0 aliphatic heterocycles. The van der Waals surface area contributed by atoms with Crippen molar-refractivity contribution < 1.29 is 19.7 Å². The van der Waals surface area contributed by atoms with Crippen LogP contribution in [0, 0.1) is 0 Å². The average Bonchev–Trinajstić information content (AvgIpc) is 2.58. The van der Waals surface area contributed by atoms with Crippen molar-refractivity contribution in [3.05, 3.63) is 12.1 Å². The van der Waals surface area contributed by atoms with Gasteiger partial charge in [-0.1, -0.05) is 5.21 Å². The van der Waals surface area contributed by atoms with Crippen LogP contribution in [0.4, 0.5) is 4.79 Å². The van der Waals surface area contributed by atoms with Crippen molar-refractivity contribution in [1.29, 1.82) is 0 Å². The fourth-order valence-electron chi connectivity index (χ4n) is 1.08. The second-order valence-electron chi connectivity index (χ2n) is 2.49. The van der Waals surface area contributed by atoms with E-state index in [0.717, 1.165) is 0 Å². The van der Waals surface area contributed by atoms with Crippen molar-refractivity contribution in [2.75, 3.05) is 0 Å². The second-order valence-corrected chi connectivity index (χ2v) is 2.49. The summed E-state index contributed by atoms with van der Waals surface area (Å²) in [6.45, 7) is 0. The second kappa shape index (κ2) is 2.87. The van der Waals surface area contributed by atoms with E-state index < -0.39 is 6.16 Å². The summed E-state index contributed by atoms with van der Waals surface area (Å²) in [6, 6.07) is 2.59. The topological polar surface area (TPSA) is 108 Å². The van der Waals surface area contributed by atoms with Gasteiger partial charge in [0.25, 0.3) is 0 Å². The fourth-order valence-corrected chi connectivity index (χ4v) is 1.08. The van der Waals surface area contributed by atoms with Gasteiger partial charge in [-0.25, -0.2) is 4.79 Å². The third-order valence-electron chi connectivity index (χ3n) is 1.63. The monoisotopic (exact) mass is 195 g/mol. The van der Waals surface area contributed by atoms with Gasteiger partial charge in [0, 0.05) is 0 Å². The third kappa shape index (κ3) is 1.20. The van der Waals surface area contributed by atoms with Gasteiger partial charge in [-0.2, -0.15) is 0 Å². The minimum absolute atomic E-state index is 0.0512. The highest BCUT2D eigenvalue weighted by molar-refractivity contribution is 5.87. The lowest BCUT2D eigenvalue weighted by Crippen LogP contribution is -2.03. The molecule has 7 heteroatoms. The van der Waals surface area contributed by atoms with Gasteiger partial charge in [-0.05, 0) is 12.1 Å². The average molecular weight is 195 g/mol. The van der Waals surface area contributed by atoms with Gasteiger partial charge < -0.3 is 14.9 Å². The molecule has 0 spiro atoms. The molecule has 2 rings (SSSR count). The molecule has 72 valence electrons. The molecule has 2 aromatic rings. The van der Waals surface area contributed by atoms with Gasteiger partial charge in [0.1, 0.15) is 11.3 Å². The number of H-pyrrole nitrogens is 1. The zero-order valence-corrected chi connectivity index (χ0v) is 6.76. The lowest BCUT2D eigenvalue weighted by molar-refractivity contribution is 0.145. The van der Waals surface area contributed by atoms with E-state index in [0.29, 0.717) is 0 Å². The molecular formula is C7H5N3O4. The number of aromatic hydroxyl groups is 1. The van der Waals surface area contributed by atoms with Crippen LogP contribution in [0.15, 0.2) is 12.1 Å². The number of rotatable bonds is 1. The molecule has 0 fully saturated rings. The van der Waals surface area contributed by atoms with Crippen LogP contribution in [-0.2, 0) is 0 Å². The van der Waals surface area contributed by atoms with Crippen molar-refractivity contribution in [2.24, 2.45) is 0 Å². The summed E-state index contributed by atoms with van der Waals surface area (Å²) >= 11 is 0. The Morgan fingerprint density at radius 2 is 2.29 bits per heavy atom. The van der Waals surface area contributed by atoms with Crippen LogP contribution in [0.3, 0.4) is 0 Å². The highest BCUT2D eigenvalue weighted by Crippen LogP contribution is 2.28. The Kier molecular flexibility index (Phi) is 1.70. The first-order valence-electron chi connectivity index (χ1n) is 3.62. The van der Waals surface area contributed by atoms with Crippen molar-refractivity contribution in [1.82, 2.24) is 15.4 Å². The summed E-state index contributed by atoms with van der Waals surface area (Å²) in [5.74, 6) is -0.0400. The lowest BCUT2D eigenvalue weighted by atomic mass is 10.3. The molecule has 0 unspecified atom stereocenters. The highest BCUT2D eigenvalue weighted by atomic mass is 16.7. The van der Waals surface area contributed by atoms with E-state index in [-0.39, 0.29) is 22.5 Å². The molecule has 1 heterocycles. The largest absolute Gasteiger partial charge is 0.511 e. The van der Waals surface area contributed by atoms with Gasteiger partial charge in [-0.3, -0.25) is 5.10 Å². The van der Waals surface area contributed by atoms with E-state index >= 15 is 0 Å². The first-order chi connectivity index (χ1) is 6.68. The van der Waals surface area contributed by atoms with Crippen molar-refractivity contribution >= 4 is 17.2 Å². The number of fused-ring (bicyclic) bond motifs is 1. The summed E-state index contributed by atoms with van der Waals surface area (Å²) in [7, 11) is 0. The lowest BCUT2D eigenvalue weighted by Gasteiger charge is -2.00. The molecule has 1 aromatic carbocycles. The van der Waals surface area contributed by atoms with Crippen molar-refractivity contribution in [2.45, 2.75) is 0 Å². The zero-order valence-electron chi connectivity index (χ0n) is 6.76. The Morgan fingerprint density at radius 1 is 1.50 bits per heavy atom. The van der Waals surface area contributed by atoms with Crippen LogP contribution in [0.5, 0.6) is 11.5 Å². The van der Waals surface area contributed by atoms with E-state index in [1.807, 2.05) is 0 Å². The predicted molar refractivity (Wildman–Crippen MR) is 44.2 cm³/mol. The maximum absolute atomic E-state index is 10.3. The molecule has 7 nitrogen and oxygen atoms in total. The maximum Gasteiger partial charge on any atom is 0.511 e. The molecule has 0 amide bonds. The van der Waals surface area contributed by atoms with Crippen LogP contribution < -0.4 is 4.74 Å². The number of benzene rings is 1. The Hall–Kier alpha value is -2.31. The molecule has 0 bridgehead atoms. The SMILES string of the molecule is O=C(O)Oc1ccc(O)c2nn[nH]c12. The number of phenolic OH excluding ortho intramolecular Hbond substituents is 1. The molecule has 14 heavy (non-hydrogen) atoms. The number of aromatic amines is 1. The van der Waals surface area contributed by atoms with E-state index in [1.54, 1.807) is 0 Å². The van der Waals surface area contributed by atoms with E-state index in [4.69, 9.17) is 5.11 Å². The van der Waals surface area contributed by atoms with Crippen LogP contribution in [0.25, 0.3) is 11.0 Å². The first kappa shape index (κ1) is 8.30. The van der Waals surface area contributed by atoms with Crippen LogP contribution in [0.1, 0.15) is 0 Å². The number of carboxylic acid groups (broad SMARTS) is 1. The maximum atomic E-state index is 10.3. The highest BCUT2D eigenvalue weighted by Gasteiger charge is 2.11. The molecule has 0 saturated carbocycles. The summed E-state index contributed by atoms with van der Waals surface area (Å²) in [6.07, 6.45) is -1.44. The van der Waals surface area contributed by atoms with Gasteiger partial charge in [-0.15, -0.1) is 5.10 Å². The predicted octanol–water partition coefficient (Wildman–Crippen LogP) is 0.720. The molecule has 1 aromatic heterocycles. The van der Waals surface area contributed by atoms with Crippen molar-refractivity contribution in [3.63, 3.8) is 0 Å². The fraction of sp³-hybridized carbons (Fsp3) is 0. The summed E-state index contributed by atoms with van der Waals surface area (Å²) in [5.41, 5.74) is 0.413. The summed E-state index contributed by atoms with van der Waals surface area (Å²) in [4.78, 5) is 10.3.